The molecule has 0 aliphatic rings. The molecule has 20 heavy (non-hydrogen) atoms. The van der Waals surface area contributed by atoms with Crippen molar-refractivity contribution >= 4 is 9.84 Å². The molecule has 108 valence electrons. The average molecular weight is 294 g/mol. The Labute approximate surface area is 119 Å². The molecule has 2 aromatic rings. The Kier molecular flexibility index (Phi) is 4.25. The molecule has 1 aromatic carbocycles. The summed E-state index contributed by atoms with van der Waals surface area (Å²) in [6.45, 7) is 4.76. The molecule has 5 nitrogen and oxygen atoms in total. The quantitative estimate of drug-likeness (QED) is 0.915. The number of hydrogen-bond donors (Lipinski definition) is 1. The predicted octanol–water partition coefficient (Wildman–Crippen LogP) is 2.24. The molecule has 0 saturated carbocycles. The number of nitrogens with zero attached hydrogens (tertiary/aromatic N) is 1. The van der Waals surface area contributed by atoms with Crippen molar-refractivity contribution < 1.29 is 12.8 Å². The van der Waals surface area contributed by atoms with Gasteiger partial charge < -0.3 is 9.73 Å². The number of rotatable bonds is 5. The molecule has 6 heteroatoms. The third kappa shape index (κ3) is 3.68. The van der Waals surface area contributed by atoms with Crippen LogP contribution in [0.3, 0.4) is 0 Å². The van der Waals surface area contributed by atoms with Crippen molar-refractivity contribution in [1.82, 2.24) is 10.3 Å². The lowest BCUT2D eigenvalue weighted by molar-refractivity contribution is 0.560. The van der Waals surface area contributed by atoms with E-state index in [4.69, 9.17) is 4.42 Å². The van der Waals surface area contributed by atoms with Crippen molar-refractivity contribution in [3.63, 3.8) is 0 Å². The van der Waals surface area contributed by atoms with E-state index in [1.807, 2.05) is 0 Å². The molecule has 0 saturated heterocycles. The molecule has 1 N–H and O–H groups in total. The van der Waals surface area contributed by atoms with Crippen molar-refractivity contribution in [3.8, 4) is 11.5 Å². The van der Waals surface area contributed by atoms with Crippen LogP contribution in [0.15, 0.2) is 39.8 Å². The largest absolute Gasteiger partial charge is 0.444 e. The smallest absolute Gasteiger partial charge is 0.226 e. The minimum absolute atomic E-state index is 0.287. The van der Waals surface area contributed by atoms with Crippen LogP contribution < -0.4 is 5.32 Å². The van der Waals surface area contributed by atoms with Crippen molar-refractivity contribution in [1.29, 1.82) is 0 Å². The summed E-state index contributed by atoms with van der Waals surface area (Å²) in [6.07, 6.45) is 2.79. The second kappa shape index (κ2) is 5.76. The van der Waals surface area contributed by atoms with Crippen LogP contribution in [-0.4, -0.2) is 25.7 Å². The Hall–Kier alpha value is -1.66. The molecule has 0 bridgehead atoms. The highest BCUT2D eigenvalue weighted by atomic mass is 32.2. The Morgan fingerprint density at radius 1 is 1.25 bits per heavy atom. The van der Waals surface area contributed by atoms with Crippen LogP contribution in [0.4, 0.5) is 0 Å². The first-order chi connectivity index (χ1) is 9.36. The molecule has 0 aliphatic carbocycles. The van der Waals surface area contributed by atoms with Gasteiger partial charge in [0, 0.05) is 24.4 Å². The Balaban J connectivity index is 2.16. The van der Waals surface area contributed by atoms with Crippen LogP contribution in [0.25, 0.3) is 11.5 Å². The summed E-state index contributed by atoms with van der Waals surface area (Å²) in [6, 6.07) is 6.88. The van der Waals surface area contributed by atoms with Gasteiger partial charge in [0.05, 0.1) is 10.6 Å². The number of nitrogens with one attached hydrogen (secondary N) is 1. The van der Waals surface area contributed by atoms with E-state index in [0.29, 0.717) is 18.5 Å². The molecule has 0 radical (unpaired) electrons. The fraction of sp³-hybridized carbons (Fsp3) is 0.357. The van der Waals surface area contributed by atoms with E-state index in [9.17, 15) is 8.42 Å². The zero-order valence-corrected chi connectivity index (χ0v) is 12.6. The van der Waals surface area contributed by atoms with E-state index >= 15 is 0 Å². The SMILES string of the molecule is CC(C)NCc1coc(-c2ccc(S(C)(=O)=O)cc2)n1. The van der Waals surface area contributed by atoms with Crippen LogP contribution in [0.1, 0.15) is 19.5 Å². The Morgan fingerprint density at radius 2 is 1.90 bits per heavy atom. The first kappa shape index (κ1) is 14.7. The first-order valence-corrected chi connectivity index (χ1v) is 8.23. The molecule has 0 amide bonds. The minimum Gasteiger partial charge on any atom is -0.444 e. The average Bonchev–Trinajstić information content (AvgIpc) is 2.84. The summed E-state index contributed by atoms with van der Waals surface area (Å²) in [5, 5.41) is 3.25. The lowest BCUT2D eigenvalue weighted by Crippen LogP contribution is -2.21. The van der Waals surface area contributed by atoms with Crippen LogP contribution in [0.5, 0.6) is 0 Å². The molecule has 1 heterocycles. The molecule has 1 aromatic heterocycles. The first-order valence-electron chi connectivity index (χ1n) is 6.34. The van der Waals surface area contributed by atoms with Gasteiger partial charge in [0.25, 0.3) is 0 Å². The van der Waals surface area contributed by atoms with Crippen molar-refractivity contribution in [2.75, 3.05) is 6.26 Å². The maximum atomic E-state index is 11.4. The van der Waals surface area contributed by atoms with Gasteiger partial charge in [-0.1, -0.05) is 13.8 Å². The monoisotopic (exact) mass is 294 g/mol. The fourth-order valence-electron chi connectivity index (χ4n) is 1.67. The lowest BCUT2D eigenvalue weighted by atomic mass is 10.2. The second-order valence-electron chi connectivity index (χ2n) is 4.98. The van der Waals surface area contributed by atoms with E-state index < -0.39 is 9.84 Å². The zero-order chi connectivity index (χ0) is 14.8. The van der Waals surface area contributed by atoms with E-state index in [0.717, 1.165) is 11.3 Å². The molecular weight excluding hydrogens is 276 g/mol. The van der Waals surface area contributed by atoms with Crippen LogP contribution in [0, 0.1) is 0 Å². The molecule has 0 fully saturated rings. The maximum absolute atomic E-state index is 11.4. The summed E-state index contributed by atoms with van der Waals surface area (Å²) in [4.78, 5) is 4.65. The van der Waals surface area contributed by atoms with Crippen molar-refractivity contribution in [2.45, 2.75) is 31.3 Å². The predicted molar refractivity (Wildman–Crippen MR) is 77.0 cm³/mol. The van der Waals surface area contributed by atoms with E-state index in [1.54, 1.807) is 30.5 Å². The van der Waals surface area contributed by atoms with Gasteiger partial charge in [-0.15, -0.1) is 0 Å². The number of benzene rings is 1. The summed E-state index contributed by atoms with van der Waals surface area (Å²) >= 11 is 0. The van der Waals surface area contributed by atoms with Crippen molar-refractivity contribution in [2.24, 2.45) is 0 Å². The van der Waals surface area contributed by atoms with E-state index in [1.165, 1.54) is 6.26 Å². The second-order valence-corrected chi connectivity index (χ2v) is 6.99. The third-order valence-electron chi connectivity index (χ3n) is 2.77. The van der Waals surface area contributed by atoms with Crippen molar-refractivity contribution in [3.05, 3.63) is 36.2 Å². The normalized spacial score (nSPS) is 12.0. The summed E-state index contributed by atoms with van der Waals surface area (Å²) in [7, 11) is -3.18. The molecule has 0 atom stereocenters. The number of oxazole rings is 1. The summed E-state index contributed by atoms with van der Waals surface area (Å²) in [5.41, 5.74) is 1.58. The van der Waals surface area contributed by atoms with E-state index in [2.05, 4.69) is 24.1 Å². The number of aromatic nitrogens is 1. The number of hydrogen-bond acceptors (Lipinski definition) is 5. The van der Waals surface area contributed by atoms with Crippen LogP contribution >= 0.6 is 0 Å². The summed E-state index contributed by atoms with van der Waals surface area (Å²) < 4.78 is 28.2. The Morgan fingerprint density at radius 3 is 2.45 bits per heavy atom. The topological polar surface area (TPSA) is 72.2 Å². The zero-order valence-electron chi connectivity index (χ0n) is 11.8. The van der Waals surface area contributed by atoms with Gasteiger partial charge in [-0.05, 0) is 24.3 Å². The molecular formula is C14H18N2O3S. The maximum Gasteiger partial charge on any atom is 0.226 e. The summed E-state index contributed by atoms with van der Waals surface area (Å²) in [5.74, 6) is 0.491. The molecule has 0 unspecified atom stereocenters. The van der Waals surface area contributed by atoms with Gasteiger partial charge in [0.15, 0.2) is 9.84 Å². The van der Waals surface area contributed by atoms with Crippen LogP contribution in [0.2, 0.25) is 0 Å². The third-order valence-corrected chi connectivity index (χ3v) is 3.90. The van der Waals surface area contributed by atoms with Gasteiger partial charge in [-0.25, -0.2) is 13.4 Å². The molecule has 0 aliphatic heterocycles. The highest BCUT2D eigenvalue weighted by Crippen LogP contribution is 2.20. The van der Waals surface area contributed by atoms with E-state index in [-0.39, 0.29) is 4.90 Å². The standard InChI is InChI=1S/C14H18N2O3S/c1-10(2)15-8-12-9-19-14(16-12)11-4-6-13(7-5-11)20(3,17)18/h4-7,9-10,15H,8H2,1-3H3. The van der Waals surface area contributed by atoms with Gasteiger partial charge in [-0.3, -0.25) is 0 Å². The highest BCUT2D eigenvalue weighted by molar-refractivity contribution is 7.90. The number of sulfone groups is 1. The molecule has 0 spiro atoms. The van der Waals surface area contributed by atoms with Crippen LogP contribution in [-0.2, 0) is 16.4 Å². The lowest BCUT2D eigenvalue weighted by Gasteiger charge is -2.04. The minimum atomic E-state index is -3.18. The van der Waals surface area contributed by atoms with Gasteiger partial charge in [0.1, 0.15) is 6.26 Å². The highest BCUT2D eigenvalue weighted by Gasteiger charge is 2.10. The van der Waals surface area contributed by atoms with Gasteiger partial charge >= 0.3 is 0 Å². The van der Waals surface area contributed by atoms with Gasteiger partial charge in [0.2, 0.25) is 5.89 Å². The molecule has 2 rings (SSSR count). The Bertz CT molecular complexity index is 673. The fourth-order valence-corrected chi connectivity index (χ4v) is 2.30. The van der Waals surface area contributed by atoms with Gasteiger partial charge in [-0.2, -0.15) is 0 Å².